The molecule has 0 aliphatic heterocycles. The van der Waals surface area contributed by atoms with Crippen molar-refractivity contribution in [1.82, 2.24) is 0 Å². The van der Waals surface area contributed by atoms with Crippen molar-refractivity contribution in [1.29, 1.82) is 5.26 Å². The third kappa shape index (κ3) is 2.54. The maximum absolute atomic E-state index is 12.3. The summed E-state index contributed by atoms with van der Waals surface area (Å²) in [5.74, 6) is -0.480. The highest BCUT2D eigenvalue weighted by atomic mass is 35.5. The molecule has 0 atom stereocenters. The first kappa shape index (κ1) is 11.7. The summed E-state index contributed by atoms with van der Waals surface area (Å²) in [7, 11) is 0. The van der Waals surface area contributed by atoms with E-state index >= 15 is 0 Å². The van der Waals surface area contributed by atoms with Crippen LogP contribution in [0.25, 0.3) is 0 Å². The molecule has 0 heterocycles. The number of hydrogen-bond acceptors (Lipinski definition) is 2. The lowest BCUT2D eigenvalue weighted by Crippen LogP contribution is -2.05. The van der Waals surface area contributed by atoms with Gasteiger partial charge in [0.15, 0.2) is 0 Å². The van der Waals surface area contributed by atoms with E-state index in [2.05, 4.69) is 0 Å². The van der Waals surface area contributed by atoms with Crippen molar-refractivity contribution < 1.29 is 18.3 Å². The molecule has 0 aliphatic rings. The summed E-state index contributed by atoms with van der Waals surface area (Å²) >= 11 is 5.40. The fourth-order valence-electron chi connectivity index (χ4n) is 1.04. The van der Waals surface area contributed by atoms with Crippen molar-refractivity contribution in [2.45, 2.75) is 12.6 Å². The van der Waals surface area contributed by atoms with Crippen molar-refractivity contribution in [3.8, 4) is 11.8 Å². The maximum Gasteiger partial charge on any atom is 0.416 e. The van der Waals surface area contributed by atoms with E-state index in [1.807, 2.05) is 0 Å². The van der Waals surface area contributed by atoms with Gasteiger partial charge in [0.1, 0.15) is 5.75 Å². The van der Waals surface area contributed by atoms with Crippen LogP contribution >= 0.6 is 11.6 Å². The van der Waals surface area contributed by atoms with Crippen LogP contribution in [-0.2, 0) is 12.6 Å². The van der Waals surface area contributed by atoms with Crippen LogP contribution in [0.5, 0.6) is 5.75 Å². The van der Waals surface area contributed by atoms with Gasteiger partial charge in [0.2, 0.25) is 0 Å². The summed E-state index contributed by atoms with van der Waals surface area (Å²) in [5, 5.41) is 17.2. The monoisotopic (exact) mass is 235 g/mol. The first-order valence-electron chi connectivity index (χ1n) is 3.81. The second-order valence-corrected chi connectivity index (χ2v) is 3.21. The number of phenolic OH excluding ortho intramolecular Hbond substituents is 1. The van der Waals surface area contributed by atoms with Crippen molar-refractivity contribution in [2.24, 2.45) is 0 Å². The van der Waals surface area contributed by atoms with Gasteiger partial charge in [-0.25, -0.2) is 0 Å². The minimum absolute atomic E-state index is 0.127. The van der Waals surface area contributed by atoms with Crippen LogP contribution in [0.15, 0.2) is 12.1 Å². The predicted octanol–water partition coefficient (Wildman–Crippen LogP) is 3.13. The van der Waals surface area contributed by atoms with Gasteiger partial charge in [-0.1, -0.05) is 11.6 Å². The van der Waals surface area contributed by atoms with Gasteiger partial charge in [0.05, 0.1) is 23.1 Å². The zero-order valence-electron chi connectivity index (χ0n) is 7.27. The second-order valence-electron chi connectivity index (χ2n) is 2.80. The Morgan fingerprint density at radius 2 is 2.00 bits per heavy atom. The topological polar surface area (TPSA) is 44.0 Å². The lowest BCUT2D eigenvalue weighted by Gasteiger charge is -2.10. The highest BCUT2D eigenvalue weighted by Crippen LogP contribution is 2.36. The van der Waals surface area contributed by atoms with Gasteiger partial charge in [-0.05, 0) is 12.1 Å². The Hall–Kier alpha value is -1.41. The van der Waals surface area contributed by atoms with Crippen LogP contribution < -0.4 is 0 Å². The second kappa shape index (κ2) is 3.99. The first-order chi connectivity index (χ1) is 6.86. The molecular formula is C9H5ClF3NO. The van der Waals surface area contributed by atoms with Gasteiger partial charge in [-0.3, -0.25) is 0 Å². The quantitative estimate of drug-likeness (QED) is 0.813. The normalized spacial score (nSPS) is 11.1. The molecule has 0 fully saturated rings. The minimum atomic E-state index is -4.54. The van der Waals surface area contributed by atoms with Crippen LogP contribution in [0, 0.1) is 11.3 Å². The van der Waals surface area contributed by atoms with Crippen LogP contribution in [0.4, 0.5) is 13.2 Å². The molecule has 0 spiro atoms. The molecule has 1 aromatic carbocycles. The van der Waals surface area contributed by atoms with E-state index in [-0.39, 0.29) is 12.0 Å². The molecule has 0 radical (unpaired) electrons. The van der Waals surface area contributed by atoms with Crippen LogP contribution in [-0.4, -0.2) is 5.11 Å². The fraction of sp³-hybridized carbons (Fsp3) is 0.222. The number of alkyl halides is 3. The van der Waals surface area contributed by atoms with E-state index in [0.29, 0.717) is 12.1 Å². The Morgan fingerprint density at radius 1 is 1.40 bits per heavy atom. The molecule has 80 valence electrons. The molecule has 0 saturated heterocycles. The summed E-state index contributed by atoms with van der Waals surface area (Å²) in [6, 6.07) is 2.98. The van der Waals surface area contributed by atoms with Crippen LogP contribution in [0.3, 0.4) is 0 Å². The number of rotatable bonds is 1. The molecule has 0 bridgehead atoms. The number of nitriles is 1. The predicted molar refractivity (Wildman–Crippen MR) is 47.4 cm³/mol. The zero-order valence-corrected chi connectivity index (χ0v) is 8.02. The summed E-state index contributed by atoms with van der Waals surface area (Å²) in [6.07, 6.45) is -4.86. The molecule has 1 rings (SSSR count). The molecule has 1 aromatic rings. The molecule has 0 aliphatic carbocycles. The minimum Gasteiger partial charge on any atom is -0.506 e. The fourth-order valence-corrected chi connectivity index (χ4v) is 1.28. The number of halogens is 4. The van der Waals surface area contributed by atoms with Crippen LogP contribution in [0.1, 0.15) is 11.1 Å². The van der Waals surface area contributed by atoms with Crippen molar-refractivity contribution in [2.75, 3.05) is 0 Å². The van der Waals surface area contributed by atoms with Gasteiger partial charge in [-0.2, -0.15) is 18.4 Å². The summed E-state index contributed by atoms with van der Waals surface area (Å²) in [4.78, 5) is 0. The van der Waals surface area contributed by atoms with E-state index in [1.54, 1.807) is 6.07 Å². The van der Waals surface area contributed by atoms with E-state index in [1.165, 1.54) is 0 Å². The Kier molecular flexibility index (Phi) is 3.10. The van der Waals surface area contributed by atoms with Gasteiger partial charge in [0.25, 0.3) is 0 Å². The molecule has 15 heavy (non-hydrogen) atoms. The zero-order chi connectivity index (χ0) is 11.6. The maximum atomic E-state index is 12.3. The lowest BCUT2D eigenvalue weighted by atomic mass is 10.1. The largest absolute Gasteiger partial charge is 0.506 e. The van der Waals surface area contributed by atoms with Gasteiger partial charge < -0.3 is 5.11 Å². The average Bonchev–Trinajstić information content (AvgIpc) is 2.11. The van der Waals surface area contributed by atoms with Gasteiger partial charge in [-0.15, -0.1) is 0 Å². The van der Waals surface area contributed by atoms with Gasteiger partial charge in [0, 0.05) is 5.56 Å². The summed E-state index contributed by atoms with van der Waals surface area (Å²) in [5.41, 5.74) is -1.10. The van der Waals surface area contributed by atoms with Crippen LogP contribution in [0.2, 0.25) is 5.02 Å². The third-order valence-electron chi connectivity index (χ3n) is 1.74. The lowest BCUT2D eigenvalue weighted by molar-refractivity contribution is -0.137. The van der Waals surface area contributed by atoms with Crippen molar-refractivity contribution >= 4 is 11.6 Å². The van der Waals surface area contributed by atoms with Crippen molar-refractivity contribution in [3.05, 3.63) is 28.3 Å². The molecule has 6 heteroatoms. The number of hydrogen-bond donors (Lipinski definition) is 1. The molecule has 0 amide bonds. The molecule has 2 nitrogen and oxygen atoms in total. The number of nitrogens with zero attached hydrogens (tertiary/aromatic N) is 1. The molecule has 0 unspecified atom stereocenters. The van der Waals surface area contributed by atoms with E-state index in [4.69, 9.17) is 16.9 Å². The Bertz CT molecular complexity index is 423. The SMILES string of the molecule is N#CCc1cc(C(F)(F)F)cc(Cl)c1O. The Labute approximate surface area is 88.5 Å². The molecule has 1 N–H and O–H groups in total. The van der Waals surface area contributed by atoms with E-state index < -0.39 is 22.5 Å². The Balaban J connectivity index is 3.31. The number of benzene rings is 1. The number of phenols is 1. The van der Waals surface area contributed by atoms with E-state index in [0.717, 1.165) is 0 Å². The first-order valence-corrected chi connectivity index (χ1v) is 4.19. The summed E-state index contributed by atoms with van der Waals surface area (Å²) in [6.45, 7) is 0. The highest BCUT2D eigenvalue weighted by Gasteiger charge is 2.32. The van der Waals surface area contributed by atoms with E-state index in [9.17, 15) is 18.3 Å². The molecule has 0 aromatic heterocycles. The third-order valence-corrected chi connectivity index (χ3v) is 2.03. The molecule has 0 saturated carbocycles. The van der Waals surface area contributed by atoms with Crippen molar-refractivity contribution in [3.63, 3.8) is 0 Å². The smallest absolute Gasteiger partial charge is 0.416 e. The van der Waals surface area contributed by atoms with Gasteiger partial charge >= 0.3 is 6.18 Å². The average molecular weight is 236 g/mol. The highest BCUT2D eigenvalue weighted by molar-refractivity contribution is 6.32. The Morgan fingerprint density at radius 3 is 2.47 bits per heavy atom. The molecular weight excluding hydrogens is 231 g/mol. The number of aromatic hydroxyl groups is 1. The standard InChI is InChI=1S/C9H5ClF3NO/c10-7-4-6(9(11,12)13)3-5(1-2-14)8(7)15/h3-4,15H,1H2. The summed E-state index contributed by atoms with van der Waals surface area (Å²) < 4.78 is 36.9.